The second-order valence-electron chi connectivity index (χ2n) is 6.98. The molecule has 1 aromatic heterocycles. The number of oxazole rings is 1. The lowest BCUT2D eigenvalue weighted by Crippen LogP contribution is -2.38. The summed E-state index contributed by atoms with van der Waals surface area (Å²) in [6, 6.07) is 8.12. The van der Waals surface area contributed by atoms with E-state index in [0.717, 1.165) is 55.6 Å². The molecule has 2 N–H and O–H groups in total. The van der Waals surface area contributed by atoms with Gasteiger partial charge in [-0.25, -0.2) is 4.98 Å². The summed E-state index contributed by atoms with van der Waals surface area (Å²) in [5.74, 6) is 3.07. The van der Waals surface area contributed by atoms with E-state index in [2.05, 4.69) is 37.6 Å². The van der Waals surface area contributed by atoms with E-state index < -0.39 is 0 Å². The van der Waals surface area contributed by atoms with E-state index in [9.17, 15) is 0 Å². The highest BCUT2D eigenvalue weighted by molar-refractivity contribution is 5.79. The Morgan fingerprint density at radius 1 is 1.21 bits per heavy atom. The van der Waals surface area contributed by atoms with Crippen LogP contribution in [0.25, 0.3) is 0 Å². The van der Waals surface area contributed by atoms with Crippen molar-refractivity contribution in [1.82, 2.24) is 20.5 Å². The van der Waals surface area contributed by atoms with Gasteiger partial charge in [0.25, 0.3) is 0 Å². The Kier molecular flexibility index (Phi) is 7.89. The molecule has 2 aromatic rings. The molecule has 3 rings (SSSR count). The predicted molar refractivity (Wildman–Crippen MR) is 112 cm³/mol. The number of aromatic nitrogens is 1. The van der Waals surface area contributed by atoms with E-state index in [1.807, 2.05) is 26.0 Å². The van der Waals surface area contributed by atoms with Gasteiger partial charge in [-0.05, 0) is 31.5 Å². The molecule has 1 aromatic carbocycles. The van der Waals surface area contributed by atoms with Gasteiger partial charge in [0, 0.05) is 33.2 Å². The molecule has 0 unspecified atom stereocenters. The van der Waals surface area contributed by atoms with Crippen molar-refractivity contribution in [2.75, 3.05) is 46.5 Å². The van der Waals surface area contributed by atoms with Crippen molar-refractivity contribution in [2.24, 2.45) is 4.99 Å². The minimum absolute atomic E-state index is 0.485. The van der Waals surface area contributed by atoms with Gasteiger partial charge in [-0.15, -0.1) is 0 Å². The molecular formula is C21H31N5O3. The fourth-order valence-corrected chi connectivity index (χ4v) is 3.04. The van der Waals surface area contributed by atoms with Gasteiger partial charge in [0.1, 0.15) is 18.1 Å². The summed E-state index contributed by atoms with van der Waals surface area (Å²) in [6.07, 6.45) is 0. The molecule has 0 saturated carbocycles. The Labute approximate surface area is 172 Å². The van der Waals surface area contributed by atoms with Crippen molar-refractivity contribution in [3.05, 3.63) is 47.2 Å². The largest absolute Gasteiger partial charge is 0.492 e. The third-order valence-electron chi connectivity index (χ3n) is 4.84. The van der Waals surface area contributed by atoms with Crippen LogP contribution in [0.5, 0.6) is 5.75 Å². The van der Waals surface area contributed by atoms with Gasteiger partial charge in [-0.2, -0.15) is 0 Å². The van der Waals surface area contributed by atoms with Crippen molar-refractivity contribution < 1.29 is 13.9 Å². The van der Waals surface area contributed by atoms with Crippen LogP contribution in [0, 0.1) is 13.8 Å². The first kappa shape index (κ1) is 21.1. The molecule has 1 fully saturated rings. The quantitative estimate of drug-likeness (QED) is 0.516. The Balaban J connectivity index is 1.42. The highest BCUT2D eigenvalue weighted by atomic mass is 16.5. The minimum atomic E-state index is 0.485. The maximum absolute atomic E-state index is 5.92. The lowest BCUT2D eigenvalue weighted by molar-refractivity contribution is 0.0322. The number of hydrogen-bond acceptors (Lipinski definition) is 6. The van der Waals surface area contributed by atoms with Crippen molar-refractivity contribution in [2.45, 2.75) is 26.9 Å². The molecule has 0 radical (unpaired) electrons. The fourth-order valence-electron chi connectivity index (χ4n) is 3.04. The van der Waals surface area contributed by atoms with E-state index in [4.69, 9.17) is 13.9 Å². The first-order chi connectivity index (χ1) is 14.1. The summed E-state index contributed by atoms with van der Waals surface area (Å²) in [4.78, 5) is 11.0. The summed E-state index contributed by atoms with van der Waals surface area (Å²) < 4.78 is 16.9. The molecule has 0 atom stereocenters. The van der Waals surface area contributed by atoms with Crippen LogP contribution in [0.3, 0.4) is 0 Å². The number of nitrogens with zero attached hydrogens (tertiary/aromatic N) is 3. The average molecular weight is 402 g/mol. The Morgan fingerprint density at radius 3 is 2.72 bits per heavy atom. The van der Waals surface area contributed by atoms with Gasteiger partial charge < -0.3 is 24.5 Å². The molecule has 8 nitrogen and oxygen atoms in total. The van der Waals surface area contributed by atoms with Gasteiger partial charge in [0.15, 0.2) is 5.96 Å². The van der Waals surface area contributed by atoms with E-state index >= 15 is 0 Å². The molecule has 158 valence electrons. The number of aryl methyl sites for hydroxylation is 2. The fraction of sp³-hybridized carbons (Fsp3) is 0.524. The number of aliphatic imine (C=N–C) groups is 1. The highest BCUT2D eigenvalue weighted by Crippen LogP contribution is 2.13. The third kappa shape index (κ3) is 6.76. The first-order valence-electron chi connectivity index (χ1n) is 10.0. The second kappa shape index (κ2) is 10.8. The van der Waals surface area contributed by atoms with Crippen LogP contribution >= 0.6 is 0 Å². The van der Waals surface area contributed by atoms with Crippen LogP contribution in [-0.4, -0.2) is 62.3 Å². The maximum Gasteiger partial charge on any atom is 0.214 e. The minimum Gasteiger partial charge on any atom is -0.492 e. The summed E-state index contributed by atoms with van der Waals surface area (Å²) in [5.41, 5.74) is 2.04. The molecular weight excluding hydrogens is 370 g/mol. The monoisotopic (exact) mass is 401 g/mol. The number of morpholine rings is 1. The molecule has 2 heterocycles. The van der Waals surface area contributed by atoms with Gasteiger partial charge in [0.2, 0.25) is 5.89 Å². The molecule has 1 aliphatic heterocycles. The summed E-state index contributed by atoms with van der Waals surface area (Å²) in [6.45, 7) is 10.1. The smallest absolute Gasteiger partial charge is 0.214 e. The Morgan fingerprint density at radius 2 is 2.00 bits per heavy atom. The van der Waals surface area contributed by atoms with Gasteiger partial charge in [0.05, 0.1) is 25.5 Å². The number of benzene rings is 1. The van der Waals surface area contributed by atoms with Crippen molar-refractivity contribution in [3.63, 3.8) is 0 Å². The van der Waals surface area contributed by atoms with Gasteiger partial charge >= 0.3 is 0 Å². The van der Waals surface area contributed by atoms with Crippen molar-refractivity contribution in [1.29, 1.82) is 0 Å². The number of hydrogen-bond donors (Lipinski definition) is 2. The number of guanidine groups is 1. The lowest BCUT2D eigenvalue weighted by Gasteiger charge is -2.26. The van der Waals surface area contributed by atoms with Crippen LogP contribution < -0.4 is 15.4 Å². The lowest BCUT2D eigenvalue weighted by atomic mass is 10.2. The van der Waals surface area contributed by atoms with Gasteiger partial charge in [-0.3, -0.25) is 9.89 Å². The number of ether oxygens (including phenoxy) is 2. The Hall–Kier alpha value is -2.58. The topological polar surface area (TPSA) is 84.2 Å². The van der Waals surface area contributed by atoms with Crippen LogP contribution in [0.1, 0.15) is 22.9 Å². The number of nitrogens with one attached hydrogen (secondary N) is 2. The van der Waals surface area contributed by atoms with Crippen molar-refractivity contribution in [3.8, 4) is 5.75 Å². The normalized spacial score (nSPS) is 15.3. The molecule has 0 bridgehead atoms. The zero-order valence-corrected chi connectivity index (χ0v) is 17.5. The summed E-state index contributed by atoms with van der Waals surface area (Å²) >= 11 is 0. The maximum atomic E-state index is 5.92. The standard InChI is InChI=1S/C21H31N5O3/c1-16-17(2)29-20(25-16)15-24-21(22-3)23-14-18-5-4-6-19(13-18)28-12-9-26-7-10-27-11-8-26/h4-6,13H,7-12,14-15H2,1-3H3,(H2,22,23,24). The second-order valence-corrected chi connectivity index (χ2v) is 6.98. The zero-order valence-electron chi connectivity index (χ0n) is 17.5. The predicted octanol–water partition coefficient (Wildman–Crippen LogP) is 1.87. The number of rotatable bonds is 8. The molecule has 0 spiro atoms. The van der Waals surface area contributed by atoms with E-state index in [0.29, 0.717) is 31.5 Å². The average Bonchev–Trinajstić information content (AvgIpc) is 3.06. The van der Waals surface area contributed by atoms with Crippen LogP contribution in [0.2, 0.25) is 0 Å². The van der Waals surface area contributed by atoms with Gasteiger partial charge in [-0.1, -0.05) is 12.1 Å². The van der Waals surface area contributed by atoms with Crippen LogP contribution in [0.4, 0.5) is 0 Å². The molecule has 1 aliphatic rings. The zero-order chi connectivity index (χ0) is 20.5. The van der Waals surface area contributed by atoms with Crippen LogP contribution in [-0.2, 0) is 17.8 Å². The van der Waals surface area contributed by atoms with E-state index in [1.165, 1.54) is 0 Å². The van der Waals surface area contributed by atoms with Crippen molar-refractivity contribution >= 4 is 5.96 Å². The van der Waals surface area contributed by atoms with E-state index in [1.54, 1.807) is 7.05 Å². The molecule has 8 heteroatoms. The molecule has 0 aliphatic carbocycles. The highest BCUT2D eigenvalue weighted by Gasteiger charge is 2.10. The van der Waals surface area contributed by atoms with Crippen LogP contribution in [0.15, 0.2) is 33.7 Å². The third-order valence-corrected chi connectivity index (χ3v) is 4.84. The molecule has 0 amide bonds. The SMILES string of the molecule is CN=C(NCc1cccc(OCCN2CCOCC2)c1)NCc1nc(C)c(C)o1. The van der Waals surface area contributed by atoms with E-state index in [-0.39, 0.29) is 0 Å². The first-order valence-corrected chi connectivity index (χ1v) is 10.0. The Bertz CT molecular complexity index is 780. The molecule has 29 heavy (non-hydrogen) atoms. The summed E-state index contributed by atoms with van der Waals surface area (Å²) in [5, 5.41) is 6.52. The summed E-state index contributed by atoms with van der Waals surface area (Å²) in [7, 11) is 1.74. The molecule has 1 saturated heterocycles.